The van der Waals surface area contributed by atoms with E-state index >= 15 is 0 Å². The molecule has 0 bridgehead atoms. The number of halogens is 1. The second kappa shape index (κ2) is 8.08. The van der Waals surface area contributed by atoms with Gasteiger partial charge in [-0.05, 0) is 42.7 Å². The number of hydrogen-bond donors (Lipinski definition) is 1. The zero-order valence-electron chi connectivity index (χ0n) is 16.5. The number of carbonyl (C=O) groups excluding carboxylic acids is 1. The molecule has 0 unspecified atom stereocenters. The van der Waals surface area contributed by atoms with Crippen LogP contribution in [0.1, 0.15) is 16.7 Å². The van der Waals surface area contributed by atoms with E-state index in [0.717, 1.165) is 16.7 Å². The first-order valence-corrected chi connectivity index (χ1v) is 9.69. The summed E-state index contributed by atoms with van der Waals surface area (Å²) in [6, 6.07) is 13.1. The number of rotatable bonds is 5. The number of nitrogens with zero attached hydrogens (tertiary/aromatic N) is 5. The van der Waals surface area contributed by atoms with Crippen molar-refractivity contribution in [2.45, 2.75) is 26.9 Å². The van der Waals surface area contributed by atoms with Gasteiger partial charge in [0.2, 0.25) is 5.91 Å². The summed E-state index contributed by atoms with van der Waals surface area (Å²) >= 11 is 6.08. The molecule has 8 nitrogen and oxygen atoms in total. The molecule has 0 aliphatic rings. The maximum atomic E-state index is 12.8. The molecule has 152 valence electrons. The van der Waals surface area contributed by atoms with Gasteiger partial charge in [0.15, 0.2) is 11.2 Å². The molecule has 0 aliphatic heterocycles. The number of carbonyl (C=O) groups is 1. The molecule has 1 amide bonds. The lowest BCUT2D eigenvalue weighted by molar-refractivity contribution is -0.116. The predicted octanol–water partition coefficient (Wildman–Crippen LogP) is 2.95. The second-order valence-electron chi connectivity index (χ2n) is 7.04. The van der Waals surface area contributed by atoms with E-state index in [1.807, 2.05) is 44.2 Å². The molecule has 4 rings (SSSR count). The van der Waals surface area contributed by atoms with E-state index in [0.29, 0.717) is 22.9 Å². The highest BCUT2D eigenvalue weighted by atomic mass is 35.5. The van der Waals surface area contributed by atoms with Crippen LogP contribution in [0.2, 0.25) is 5.02 Å². The Morgan fingerprint density at radius 1 is 1.13 bits per heavy atom. The van der Waals surface area contributed by atoms with Gasteiger partial charge in [0.05, 0.1) is 6.54 Å². The number of anilines is 1. The molecule has 30 heavy (non-hydrogen) atoms. The normalized spacial score (nSPS) is 11.0. The number of hydrogen-bond acceptors (Lipinski definition) is 5. The molecule has 0 atom stereocenters. The number of fused-ring (bicyclic) bond motifs is 1. The zero-order chi connectivity index (χ0) is 21.3. The van der Waals surface area contributed by atoms with Crippen molar-refractivity contribution in [2.24, 2.45) is 0 Å². The van der Waals surface area contributed by atoms with Gasteiger partial charge in [-0.2, -0.15) is 0 Å². The fourth-order valence-electron chi connectivity index (χ4n) is 3.08. The largest absolute Gasteiger partial charge is 0.324 e. The van der Waals surface area contributed by atoms with Gasteiger partial charge in [0, 0.05) is 10.7 Å². The molecule has 1 N–H and O–H groups in total. The molecule has 0 fully saturated rings. The molecule has 2 aromatic heterocycles. The third-order valence-electron chi connectivity index (χ3n) is 4.84. The highest BCUT2D eigenvalue weighted by molar-refractivity contribution is 6.31. The first-order chi connectivity index (χ1) is 14.4. The number of nitrogens with one attached hydrogen (secondary N) is 1. The SMILES string of the molecule is Cc1ccc(NC(=O)Cn2cnc3c(nnn3Cc3ccccc3C)c2=O)cc1Cl. The van der Waals surface area contributed by atoms with Crippen molar-refractivity contribution in [3.8, 4) is 0 Å². The third kappa shape index (κ3) is 3.95. The molecule has 0 radical (unpaired) electrons. The topological polar surface area (TPSA) is 94.7 Å². The van der Waals surface area contributed by atoms with Crippen molar-refractivity contribution in [2.75, 3.05) is 5.32 Å². The van der Waals surface area contributed by atoms with Crippen molar-refractivity contribution >= 4 is 34.4 Å². The van der Waals surface area contributed by atoms with E-state index in [4.69, 9.17) is 11.6 Å². The van der Waals surface area contributed by atoms with Gasteiger partial charge in [-0.25, -0.2) is 9.67 Å². The fourth-order valence-corrected chi connectivity index (χ4v) is 3.26. The van der Waals surface area contributed by atoms with Crippen LogP contribution in [0.5, 0.6) is 0 Å². The lowest BCUT2D eigenvalue weighted by Crippen LogP contribution is -2.28. The highest BCUT2D eigenvalue weighted by Crippen LogP contribution is 2.20. The third-order valence-corrected chi connectivity index (χ3v) is 5.25. The zero-order valence-corrected chi connectivity index (χ0v) is 17.2. The Morgan fingerprint density at radius 2 is 1.93 bits per heavy atom. The highest BCUT2D eigenvalue weighted by Gasteiger charge is 2.15. The lowest BCUT2D eigenvalue weighted by atomic mass is 10.1. The quantitative estimate of drug-likeness (QED) is 0.533. The first kappa shape index (κ1) is 19.8. The van der Waals surface area contributed by atoms with Crippen LogP contribution in [0.15, 0.2) is 53.6 Å². The Bertz CT molecular complexity index is 1310. The minimum atomic E-state index is -0.423. The summed E-state index contributed by atoms with van der Waals surface area (Å²) in [5.74, 6) is -0.370. The molecule has 2 aromatic carbocycles. The van der Waals surface area contributed by atoms with E-state index < -0.39 is 5.56 Å². The maximum Gasteiger partial charge on any atom is 0.283 e. The number of benzene rings is 2. The number of amides is 1. The molecule has 0 saturated heterocycles. The molecule has 4 aromatic rings. The predicted molar refractivity (Wildman–Crippen MR) is 115 cm³/mol. The summed E-state index contributed by atoms with van der Waals surface area (Å²) in [5.41, 5.74) is 3.72. The Morgan fingerprint density at radius 3 is 2.70 bits per heavy atom. The van der Waals surface area contributed by atoms with Crippen LogP contribution < -0.4 is 10.9 Å². The average molecular weight is 423 g/mol. The Kier molecular flexibility index (Phi) is 5.33. The molecular weight excluding hydrogens is 404 g/mol. The minimum Gasteiger partial charge on any atom is -0.324 e. The number of aryl methyl sites for hydroxylation is 2. The van der Waals surface area contributed by atoms with Gasteiger partial charge < -0.3 is 5.32 Å². The minimum absolute atomic E-state index is 0.122. The summed E-state index contributed by atoms with van der Waals surface area (Å²) in [5, 5.41) is 11.3. The van der Waals surface area contributed by atoms with Crippen molar-refractivity contribution in [1.82, 2.24) is 24.5 Å². The Labute approximate surface area is 177 Å². The maximum absolute atomic E-state index is 12.8. The monoisotopic (exact) mass is 422 g/mol. The summed E-state index contributed by atoms with van der Waals surface area (Å²) in [7, 11) is 0. The van der Waals surface area contributed by atoms with E-state index in [1.54, 1.807) is 16.8 Å². The van der Waals surface area contributed by atoms with Crippen LogP contribution in [-0.4, -0.2) is 30.5 Å². The van der Waals surface area contributed by atoms with Crippen LogP contribution in [0, 0.1) is 13.8 Å². The van der Waals surface area contributed by atoms with Crippen molar-refractivity contribution in [1.29, 1.82) is 0 Å². The van der Waals surface area contributed by atoms with Crippen molar-refractivity contribution in [3.63, 3.8) is 0 Å². The molecular formula is C21H19ClN6O2. The van der Waals surface area contributed by atoms with Gasteiger partial charge in [-0.1, -0.05) is 47.1 Å². The second-order valence-corrected chi connectivity index (χ2v) is 7.44. The molecule has 0 saturated carbocycles. The summed E-state index contributed by atoms with van der Waals surface area (Å²) in [6.45, 7) is 4.14. The van der Waals surface area contributed by atoms with Gasteiger partial charge in [-0.3, -0.25) is 14.2 Å². The molecule has 0 spiro atoms. The summed E-state index contributed by atoms with van der Waals surface area (Å²) in [6.07, 6.45) is 1.34. The van der Waals surface area contributed by atoms with Gasteiger partial charge in [-0.15, -0.1) is 5.10 Å². The van der Waals surface area contributed by atoms with Crippen molar-refractivity contribution in [3.05, 3.63) is 80.9 Å². The summed E-state index contributed by atoms with van der Waals surface area (Å²) < 4.78 is 2.79. The van der Waals surface area contributed by atoms with Gasteiger partial charge >= 0.3 is 0 Å². The van der Waals surface area contributed by atoms with Crippen LogP contribution in [-0.2, 0) is 17.9 Å². The van der Waals surface area contributed by atoms with Gasteiger partial charge in [0.25, 0.3) is 5.56 Å². The Hall–Kier alpha value is -3.52. The molecule has 9 heteroatoms. The smallest absolute Gasteiger partial charge is 0.283 e. The lowest BCUT2D eigenvalue weighted by Gasteiger charge is -2.09. The van der Waals surface area contributed by atoms with Gasteiger partial charge in [0.1, 0.15) is 12.9 Å². The first-order valence-electron chi connectivity index (χ1n) is 9.31. The van der Waals surface area contributed by atoms with Crippen LogP contribution >= 0.6 is 11.6 Å². The average Bonchev–Trinajstić information content (AvgIpc) is 3.12. The number of aromatic nitrogens is 5. The fraction of sp³-hybridized carbons (Fsp3) is 0.190. The van der Waals surface area contributed by atoms with Crippen LogP contribution in [0.4, 0.5) is 5.69 Å². The standard InChI is InChI=1S/C21H19ClN6O2/c1-13-5-3-4-6-15(13)10-28-20-19(25-26-28)21(30)27(12-23-20)11-18(29)24-16-8-7-14(2)17(22)9-16/h3-9,12H,10-11H2,1-2H3,(H,24,29). The van der Waals surface area contributed by atoms with E-state index in [1.165, 1.54) is 10.9 Å². The Balaban J connectivity index is 1.55. The van der Waals surface area contributed by atoms with Crippen molar-refractivity contribution < 1.29 is 4.79 Å². The molecule has 0 aliphatic carbocycles. The molecule has 2 heterocycles. The van der Waals surface area contributed by atoms with E-state index in [2.05, 4.69) is 20.6 Å². The van der Waals surface area contributed by atoms with Crippen LogP contribution in [0.3, 0.4) is 0 Å². The van der Waals surface area contributed by atoms with E-state index in [-0.39, 0.29) is 18.0 Å². The van der Waals surface area contributed by atoms with E-state index in [9.17, 15) is 9.59 Å². The van der Waals surface area contributed by atoms with Crippen LogP contribution in [0.25, 0.3) is 11.2 Å². The summed E-state index contributed by atoms with van der Waals surface area (Å²) in [4.78, 5) is 29.4.